The predicted octanol–water partition coefficient (Wildman–Crippen LogP) is 5.04. The van der Waals surface area contributed by atoms with Crippen LogP contribution in [-0.2, 0) is 33.2 Å². The van der Waals surface area contributed by atoms with Gasteiger partial charge in [-0.05, 0) is 13.3 Å². The molecule has 0 aliphatic rings. The van der Waals surface area contributed by atoms with E-state index in [4.69, 9.17) is 33.2 Å². The van der Waals surface area contributed by atoms with Crippen LogP contribution in [0.2, 0.25) is 0 Å². The van der Waals surface area contributed by atoms with Crippen molar-refractivity contribution in [1.29, 1.82) is 0 Å². The third-order valence-corrected chi connectivity index (χ3v) is 5.08. The molecule has 0 atom stereocenters. The van der Waals surface area contributed by atoms with Crippen molar-refractivity contribution in [1.82, 2.24) is 0 Å². The molecule has 0 aliphatic heterocycles. The van der Waals surface area contributed by atoms with Crippen molar-refractivity contribution in [3.63, 3.8) is 0 Å². The van der Waals surface area contributed by atoms with E-state index in [1.165, 1.54) is 57.8 Å². The summed E-state index contributed by atoms with van der Waals surface area (Å²) in [5.41, 5.74) is 0. The van der Waals surface area contributed by atoms with E-state index in [1.807, 2.05) is 6.92 Å². The maximum atomic E-state index is 5.62. The van der Waals surface area contributed by atoms with E-state index < -0.39 is 0 Å². The summed E-state index contributed by atoms with van der Waals surface area (Å²) < 4.78 is 38.0. The monoisotopic (exact) mass is 478 g/mol. The van der Waals surface area contributed by atoms with Crippen LogP contribution in [-0.4, -0.2) is 92.5 Å². The molecule has 0 aromatic rings. The van der Waals surface area contributed by atoms with Crippen LogP contribution in [0.4, 0.5) is 0 Å². The van der Waals surface area contributed by atoms with Gasteiger partial charge in [-0.2, -0.15) is 0 Å². The highest BCUT2D eigenvalue weighted by atomic mass is 16.6. The van der Waals surface area contributed by atoms with Crippen molar-refractivity contribution in [3.8, 4) is 0 Å². The van der Waals surface area contributed by atoms with E-state index in [9.17, 15) is 0 Å². The minimum absolute atomic E-state index is 0.565. The minimum atomic E-state index is 0.565. The summed E-state index contributed by atoms with van der Waals surface area (Å²) in [5.74, 6) is 0. The number of ether oxygens (including phenoxy) is 7. The Morgan fingerprint density at radius 2 is 0.545 bits per heavy atom. The van der Waals surface area contributed by atoms with Gasteiger partial charge in [-0.25, -0.2) is 0 Å². The fourth-order valence-corrected chi connectivity index (χ4v) is 3.16. The summed E-state index contributed by atoms with van der Waals surface area (Å²) in [7, 11) is 0. The molecular weight excluding hydrogens is 424 g/mol. The molecule has 0 rings (SSSR count). The van der Waals surface area contributed by atoms with Crippen LogP contribution in [0.5, 0.6) is 0 Å². The zero-order valence-electron chi connectivity index (χ0n) is 21.8. The van der Waals surface area contributed by atoms with Crippen LogP contribution in [0, 0.1) is 0 Å². The van der Waals surface area contributed by atoms with Gasteiger partial charge in [0.25, 0.3) is 0 Å². The second-order valence-corrected chi connectivity index (χ2v) is 8.05. The van der Waals surface area contributed by atoms with Gasteiger partial charge in [-0.3, -0.25) is 0 Å². The Hall–Kier alpha value is -0.280. The van der Waals surface area contributed by atoms with E-state index in [2.05, 4.69) is 6.92 Å². The second kappa shape index (κ2) is 31.7. The normalized spacial score (nSPS) is 11.5. The highest BCUT2D eigenvalue weighted by Crippen LogP contribution is 2.10. The average Bonchev–Trinajstić information content (AvgIpc) is 2.83. The van der Waals surface area contributed by atoms with E-state index in [0.29, 0.717) is 79.3 Å². The van der Waals surface area contributed by atoms with Gasteiger partial charge in [0.1, 0.15) is 0 Å². The number of rotatable bonds is 30. The Morgan fingerprint density at radius 1 is 0.273 bits per heavy atom. The highest BCUT2D eigenvalue weighted by Gasteiger charge is 1.96. The van der Waals surface area contributed by atoms with Crippen LogP contribution >= 0.6 is 0 Å². The maximum Gasteiger partial charge on any atom is 0.0701 e. The lowest BCUT2D eigenvalue weighted by Crippen LogP contribution is -2.14. The molecule has 0 aliphatic carbocycles. The first-order valence-corrected chi connectivity index (χ1v) is 13.5. The average molecular weight is 479 g/mol. The van der Waals surface area contributed by atoms with Gasteiger partial charge in [0.15, 0.2) is 0 Å². The molecule has 0 unspecified atom stereocenters. The Bertz CT molecular complexity index is 302. The van der Waals surface area contributed by atoms with Gasteiger partial charge in [0.05, 0.1) is 79.3 Å². The van der Waals surface area contributed by atoms with Crippen molar-refractivity contribution < 1.29 is 33.2 Å². The summed E-state index contributed by atoms with van der Waals surface area (Å²) in [4.78, 5) is 0. The van der Waals surface area contributed by atoms with Crippen LogP contribution < -0.4 is 0 Å². The van der Waals surface area contributed by atoms with E-state index in [1.54, 1.807) is 0 Å². The third kappa shape index (κ3) is 31.7. The second-order valence-electron chi connectivity index (χ2n) is 8.05. The molecule has 0 saturated carbocycles. The number of hydrogen-bond acceptors (Lipinski definition) is 7. The molecule has 0 aromatic heterocycles. The molecule has 0 spiro atoms. The van der Waals surface area contributed by atoms with Crippen molar-refractivity contribution >= 4 is 0 Å². The molecule has 0 fully saturated rings. The summed E-state index contributed by atoms with van der Waals surface area (Å²) in [6.07, 6.45) is 13.5. The van der Waals surface area contributed by atoms with Gasteiger partial charge in [-0.15, -0.1) is 0 Å². The fraction of sp³-hybridized carbons (Fsp3) is 1.00. The van der Waals surface area contributed by atoms with E-state index in [0.717, 1.165) is 19.6 Å². The predicted molar refractivity (Wildman–Crippen MR) is 133 cm³/mol. The van der Waals surface area contributed by atoms with Gasteiger partial charge in [0, 0.05) is 13.2 Å². The molecular formula is C26H54O7. The summed E-state index contributed by atoms with van der Waals surface area (Å²) in [5, 5.41) is 0. The fourth-order valence-electron chi connectivity index (χ4n) is 3.16. The van der Waals surface area contributed by atoms with Crippen LogP contribution in [0.15, 0.2) is 0 Å². The smallest absolute Gasteiger partial charge is 0.0701 e. The van der Waals surface area contributed by atoms with Gasteiger partial charge in [0.2, 0.25) is 0 Å². The Kier molecular flexibility index (Phi) is 31.5. The third-order valence-electron chi connectivity index (χ3n) is 5.08. The van der Waals surface area contributed by atoms with Crippen molar-refractivity contribution in [3.05, 3.63) is 0 Å². The van der Waals surface area contributed by atoms with Crippen LogP contribution in [0.3, 0.4) is 0 Å². The van der Waals surface area contributed by atoms with Crippen molar-refractivity contribution in [2.45, 2.75) is 78.1 Å². The molecule has 0 saturated heterocycles. The molecule has 0 bridgehead atoms. The number of hydrogen-bond donors (Lipinski definition) is 0. The SMILES string of the molecule is CCCCCCCCCCCCOCCOCCOCCOCCOCCOCCOCC. The first-order valence-electron chi connectivity index (χ1n) is 13.5. The molecule has 0 N–H and O–H groups in total. The molecule has 0 amide bonds. The summed E-state index contributed by atoms with van der Waals surface area (Å²) in [6, 6.07) is 0. The molecule has 200 valence electrons. The van der Waals surface area contributed by atoms with E-state index in [-0.39, 0.29) is 0 Å². The lowest BCUT2D eigenvalue weighted by atomic mass is 10.1. The molecule has 7 heteroatoms. The zero-order valence-corrected chi connectivity index (χ0v) is 21.8. The number of unbranched alkanes of at least 4 members (excludes halogenated alkanes) is 9. The molecule has 33 heavy (non-hydrogen) atoms. The van der Waals surface area contributed by atoms with E-state index >= 15 is 0 Å². The quantitative estimate of drug-likeness (QED) is 0.134. The Morgan fingerprint density at radius 3 is 0.879 bits per heavy atom. The zero-order chi connectivity index (χ0) is 23.9. The van der Waals surface area contributed by atoms with Crippen molar-refractivity contribution in [2.24, 2.45) is 0 Å². The Labute approximate surface area is 204 Å². The van der Waals surface area contributed by atoms with Crippen LogP contribution in [0.1, 0.15) is 78.1 Å². The molecule has 0 heterocycles. The highest BCUT2D eigenvalue weighted by molar-refractivity contribution is 4.47. The minimum Gasteiger partial charge on any atom is -0.379 e. The summed E-state index contributed by atoms with van der Waals surface area (Å²) >= 11 is 0. The van der Waals surface area contributed by atoms with Gasteiger partial charge in [-0.1, -0.05) is 64.7 Å². The topological polar surface area (TPSA) is 64.6 Å². The van der Waals surface area contributed by atoms with Crippen molar-refractivity contribution in [2.75, 3.05) is 92.5 Å². The molecule has 0 radical (unpaired) electrons. The Balaban J connectivity index is 2.99. The summed E-state index contributed by atoms with van der Waals surface area (Å²) in [6.45, 7) is 13.0. The standard InChI is InChI=1S/C26H54O7/c1-3-5-6-7-8-9-10-11-12-13-14-28-17-18-30-21-22-32-25-26-33-24-23-31-20-19-29-16-15-27-4-2/h3-26H2,1-2H3. The first-order chi connectivity index (χ1) is 16.4. The molecule has 7 nitrogen and oxygen atoms in total. The van der Waals surface area contributed by atoms with Crippen LogP contribution in [0.25, 0.3) is 0 Å². The van der Waals surface area contributed by atoms with Gasteiger partial charge >= 0.3 is 0 Å². The first kappa shape index (κ1) is 32.7. The lowest BCUT2D eigenvalue weighted by Gasteiger charge is -2.08. The largest absolute Gasteiger partial charge is 0.379 e. The molecule has 0 aromatic carbocycles. The maximum absolute atomic E-state index is 5.62. The van der Waals surface area contributed by atoms with Gasteiger partial charge < -0.3 is 33.2 Å². The lowest BCUT2D eigenvalue weighted by molar-refractivity contribution is -0.0202.